The maximum atomic E-state index is 13.2. The summed E-state index contributed by atoms with van der Waals surface area (Å²) in [6, 6.07) is 0.706. The first-order valence-electron chi connectivity index (χ1n) is 5.48. The van der Waals surface area contributed by atoms with Crippen molar-refractivity contribution in [2.75, 3.05) is 11.9 Å². The average molecular weight is 320 g/mol. The maximum absolute atomic E-state index is 13.2. The summed E-state index contributed by atoms with van der Waals surface area (Å²) in [4.78, 5) is 15.7. The first-order valence-corrected chi connectivity index (χ1v) is 6.27. The van der Waals surface area contributed by atoms with Gasteiger partial charge in [0.1, 0.15) is 16.6 Å². The lowest BCUT2D eigenvalue weighted by atomic mass is 10.2. The van der Waals surface area contributed by atoms with Crippen LogP contribution in [-0.4, -0.2) is 29.6 Å². The molecule has 1 aliphatic rings. The Labute approximate surface area is 111 Å². The molecule has 1 aromatic rings. The zero-order valence-corrected chi connectivity index (χ0v) is 11.2. The lowest BCUT2D eigenvalue weighted by molar-refractivity contribution is -0.117. The number of hydrogen-bond acceptors (Lipinski definition) is 3. The van der Waals surface area contributed by atoms with Crippen LogP contribution in [0.2, 0.25) is 0 Å². The van der Waals surface area contributed by atoms with Gasteiger partial charge in [-0.15, -0.1) is 0 Å². The van der Waals surface area contributed by atoms with Crippen LogP contribution in [0.25, 0.3) is 0 Å². The summed E-state index contributed by atoms with van der Waals surface area (Å²) < 4.78 is 26.2. The number of amides is 1. The van der Waals surface area contributed by atoms with E-state index in [1.807, 2.05) is 0 Å². The highest BCUT2D eigenvalue weighted by Crippen LogP contribution is 2.20. The van der Waals surface area contributed by atoms with Crippen LogP contribution >= 0.6 is 15.9 Å². The number of anilines is 1. The molecule has 2 atom stereocenters. The van der Waals surface area contributed by atoms with E-state index in [9.17, 15) is 13.6 Å². The standard InChI is InChI=1S/C11H12BrF2N3O/c1-5-2-7(14)9(12)16-10(5)17-11(18)8-3-6(13)4-15-8/h2,6,8,15H,3-4H2,1H3,(H,16,17,18). The lowest BCUT2D eigenvalue weighted by Crippen LogP contribution is -2.35. The minimum atomic E-state index is -1.00. The van der Waals surface area contributed by atoms with Gasteiger partial charge in [-0.2, -0.15) is 0 Å². The number of carbonyl (C=O) groups excluding carboxylic acids is 1. The van der Waals surface area contributed by atoms with Crippen molar-refractivity contribution in [2.24, 2.45) is 0 Å². The number of nitrogens with one attached hydrogen (secondary N) is 2. The van der Waals surface area contributed by atoms with Crippen molar-refractivity contribution in [1.29, 1.82) is 0 Å². The molecule has 0 spiro atoms. The lowest BCUT2D eigenvalue weighted by Gasteiger charge is -2.12. The van der Waals surface area contributed by atoms with E-state index in [0.29, 0.717) is 5.56 Å². The van der Waals surface area contributed by atoms with Crippen LogP contribution in [0.3, 0.4) is 0 Å². The second kappa shape index (κ2) is 5.27. The molecule has 1 saturated heterocycles. The Morgan fingerprint density at radius 3 is 3.00 bits per heavy atom. The molecule has 0 aromatic carbocycles. The first kappa shape index (κ1) is 13.4. The van der Waals surface area contributed by atoms with Gasteiger partial charge >= 0.3 is 0 Å². The summed E-state index contributed by atoms with van der Waals surface area (Å²) in [7, 11) is 0. The number of rotatable bonds is 2. The van der Waals surface area contributed by atoms with Crippen molar-refractivity contribution >= 4 is 27.7 Å². The fourth-order valence-corrected chi connectivity index (χ4v) is 2.07. The maximum Gasteiger partial charge on any atom is 0.242 e. The fourth-order valence-electron chi connectivity index (χ4n) is 1.78. The van der Waals surface area contributed by atoms with Gasteiger partial charge < -0.3 is 10.6 Å². The summed E-state index contributed by atoms with van der Waals surface area (Å²) in [5.74, 6) is -0.574. The molecule has 7 heteroatoms. The number of hydrogen-bond donors (Lipinski definition) is 2. The molecule has 2 rings (SSSR count). The van der Waals surface area contributed by atoms with Crippen LogP contribution in [0, 0.1) is 12.7 Å². The monoisotopic (exact) mass is 319 g/mol. The SMILES string of the molecule is Cc1cc(F)c(Br)nc1NC(=O)C1CC(F)CN1. The van der Waals surface area contributed by atoms with Crippen molar-refractivity contribution in [1.82, 2.24) is 10.3 Å². The third-order valence-electron chi connectivity index (χ3n) is 2.76. The Morgan fingerprint density at radius 2 is 2.39 bits per heavy atom. The summed E-state index contributed by atoms with van der Waals surface area (Å²) in [6.45, 7) is 1.82. The summed E-state index contributed by atoms with van der Waals surface area (Å²) >= 11 is 2.95. The third kappa shape index (κ3) is 2.84. The van der Waals surface area contributed by atoms with Gasteiger partial charge in [0.25, 0.3) is 0 Å². The molecule has 0 aliphatic carbocycles. The minimum absolute atomic E-state index is 0.0335. The molecule has 0 saturated carbocycles. The number of nitrogens with zero attached hydrogens (tertiary/aromatic N) is 1. The topological polar surface area (TPSA) is 54.0 Å². The summed E-state index contributed by atoms with van der Waals surface area (Å²) in [6.07, 6.45) is -0.859. The first-order chi connectivity index (χ1) is 8.47. The van der Waals surface area contributed by atoms with E-state index in [4.69, 9.17) is 0 Å². The molecule has 0 bridgehead atoms. The Bertz CT molecular complexity index is 484. The molecule has 1 amide bonds. The normalized spacial score (nSPS) is 23.1. The van der Waals surface area contributed by atoms with Gasteiger partial charge in [-0.1, -0.05) is 0 Å². The van der Waals surface area contributed by atoms with E-state index in [1.165, 1.54) is 6.07 Å². The Hall–Kier alpha value is -1.08. The fraction of sp³-hybridized carbons (Fsp3) is 0.455. The van der Waals surface area contributed by atoms with E-state index >= 15 is 0 Å². The highest BCUT2D eigenvalue weighted by molar-refractivity contribution is 9.10. The summed E-state index contributed by atoms with van der Waals surface area (Å²) in [5, 5.41) is 5.34. The zero-order chi connectivity index (χ0) is 13.3. The number of aryl methyl sites for hydroxylation is 1. The highest BCUT2D eigenvalue weighted by atomic mass is 79.9. The number of alkyl halides is 1. The van der Waals surface area contributed by atoms with E-state index < -0.39 is 18.0 Å². The Balaban J connectivity index is 2.09. The van der Waals surface area contributed by atoms with Crippen LogP contribution in [0.4, 0.5) is 14.6 Å². The van der Waals surface area contributed by atoms with Crippen LogP contribution in [-0.2, 0) is 4.79 Å². The van der Waals surface area contributed by atoms with E-state index in [2.05, 4.69) is 31.5 Å². The van der Waals surface area contributed by atoms with Gasteiger partial charge in [0.05, 0.1) is 6.04 Å². The van der Waals surface area contributed by atoms with Crippen LogP contribution in [0.1, 0.15) is 12.0 Å². The molecule has 0 radical (unpaired) electrons. The van der Waals surface area contributed by atoms with Crippen LogP contribution in [0.15, 0.2) is 10.7 Å². The predicted octanol–water partition coefficient (Wildman–Crippen LogP) is 1.93. The van der Waals surface area contributed by atoms with Crippen molar-refractivity contribution in [2.45, 2.75) is 25.6 Å². The highest BCUT2D eigenvalue weighted by Gasteiger charge is 2.29. The molecule has 18 heavy (non-hydrogen) atoms. The Kier molecular flexibility index (Phi) is 3.91. The van der Waals surface area contributed by atoms with Gasteiger partial charge in [-0.3, -0.25) is 4.79 Å². The van der Waals surface area contributed by atoms with Crippen LogP contribution < -0.4 is 10.6 Å². The van der Waals surface area contributed by atoms with Crippen molar-refractivity contribution in [3.8, 4) is 0 Å². The second-order valence-corrected chi connectivity index (χ2v) is 4.96. The molecule has 1 aromatic heterocycles. The molecule has 2 N–H and O–H groups in total. The van der Waals surface area contributed by atoms with E-state index in [-0.39, 0.29) is 29.3 Å². The smallest absolute Gasteiger partial charge is 0.242 e. The van der Waals surface area contributed by atoms with E-state index in [1.54, 1.807) is 6.92 Å². The average Bonchev–Trinajstić information content (AvgIpc) is 2.73. The molecule has 2 unspecified atom stereocenters. The second-order valence-electron chi connectivity index (χ2n) is 4.21. The van der Waals surface area contributed by atoms with Gasteiger partial charge in [0.2, 0.25) is 5.91 Å². The number of pyridine rings is 1. The number of carbonyl (C=O) groups is 1. The van der Waals surface area contributed by atoms with Crippen molar-refractivity contribution in [3.63, 3.8) is 0 Å². The van der Waals surface area contributed by atoms with Gasteiger partial charge in [-0.05, 0) is 34.5 Å². The molecule has 2 heterocycles. The predicted molar refractivity (Wildman–Crippen MR) is 66.6 cm³/mol. The van der Waals surface area contributed by atoms with Crippen LogP contribution in [0.5, 0.6) is 0 Å². The van der Waals surface area contributed by atoms with Gasteiger partial charge in [-0.25, -0.2) is 13.8 Å². The van der Waals surface area contributed by atoms with Crippen molar-refractivity contribution < 1.29 is 13.6 Å². The van der Waals surface area contributed by atoms with Gasteiger partial charge in [0, 0.05) is 13.0 Å². The van der Waals surface area contributed by atoms with Crippen molar-refractivity contribution in [3.05, 3.63) is 22.1 Å². The molecule has 4 nitrogen and oxygen atoms in total. The zero-order valence-electron chi connectivity index (χ0n) is 9.64. The number of halogens is 3. The minimum Gasteiger partial charge on any atom is -0.309 e. The number of aromatic nitrogens is 1. The van der Waals surface area contributed by atoms with E-state index in [0.717, 1.165) is 0 Å². The Morgan fingerprint density at radius 1 is 1.67 bits per heavy atom. The summed E-state index contributed by atoms with van der Waals surface area (Å²) in [5.41, 5.74) is 0.513. The molecular weight excluding hydrogens is 308 g/mol. The molecule has 98 valence electrons. The quantitative estimate of drug-likeness (QED) is 0.819. The van der Waals surface area contributed by atoms with Gasteiger partial charge in [0.15, 0.2) is 5.82 Å². The molecular formula is C11H12BrF2N3O. The molecule has 1 aliphatic heterocycles. The largest absolute Gasteiger partial charge is 0.309 e. The molecule has 1 fully saturated rings. The third-order valence-corrected chi connectivity index (χ3v) is 3.32.